The fourth-order valence-electron chi connectivity index (χ4n) is 0.987. The van der Waals surface area contributed by atoms with E-state index in [1.807, 2.05) is 13.8 Å². The number of hydrogen-bond donors (Lipinski definition) is 2. The molecule has 0 spiro atoms. The van der Waals surface area contributed by atoms with Crippen LogP contribution in [0.3, 0.4) is 0 Å². The van der Waals surface area contributed by atoms with Gasteiger partial charge in [-0.15, -0.1) is 12.6 Å². The summed E-state index contributed by atoms with van der Waals surface area (Å²) in [6.45, 7) is 3.77. The van der Waals surface area contributed by atoms with E-state index in [4.69, 9.17) is 0 Å². The summed E-state index contributed by atoms with van der Waals surface area (Å²) in [5.41, 5.74) is 0.385. The van der Waals surface area contributed by atoms with Crippen molar-refractivity contribution in [3.05, 3.63) is 23.8 Å². The van der Waals surface area contributed by atoms with Crippen LogP contribution < -0.4 is 5.32 Å². The van der Waals surface area contributed by atoms with Gasteiger partial charge in [0.1, 0.15) is 11.6 Å². The van der Waals surface area contributed by atoms with Gasteiger partial charge in [-0.05, 0) is 19.9 Å². The zero-order valence-electron chi connectivity index (χ0n) is 7.44. The maximum atomic E-state index is 12.9. The summed E-state index contributed by atoms with van der Waals surface area (Å²) in [4.78, 5) is 0.148. The Morgan fingerprint density at radius 1 is 1.31 bits per heavy atom. The van der Waals surface area contributed by atoms with Crippen LogP contribution in [-0.2, 0) is 0 Å². The first-order valence-electron chi connectivity index (χ1n) is 3.95. The van der Waals surface area contributed by atoms with Gasteiger partial charge < -0.3 is 5.32 Å². The van der Waals surface area contributed by atoms with Gasteiger partial charge in [-0.2, -0.15) is 0 Å². The van der Waals surface area contributed by atoms with Crippen LogP contribution in [0.2, 0.25) is 0 Å². The summed E-state index contributed by atoms with van der Waals surface area (Å²) < 4.78 is 25.7. The van der Waals surface area contributed by atoms with Crippen LogP contribution in [0.1, 0.15) is 13.8 Å². The van der Waals surface area contributed by atoms with E-state index >= 15 is 0 Å². The topological polar surface area (TPSA) is 12.0 Å². The van der Waals surface area contributed by atoms with Crippen LogP contribution in [-0.4, -0.2) is 6.04 Å². The second-order valence-electron chi connectivity index (χ2n) is 3.08. The zero-order valence-corrected chi connectivity index (χ0v) is 8.33. The highest BCUT2D eigenvalue weighted by molar-refractivity contribution is 7.80. The number of hydrogen-bond acceptors (Lipinski definition) is 2. The Hall–Kier alpha value is -0.770. The molecule has 1 aromatic rings. The molecule has 0 saturated carbocycles. The molecule has 0 bridgehead atoms. The van der Waals surface area contributed by atoms with Gasteiger partial charge in [0.2, 0.25) is 0 Å². The minimum absolute atomic E-state index is 0.118. The smallest absolute Gasteiger partial charge is 0.141 e. The normalized spacial score (nSPS) is 10.6. The summed E-state index contributed by atoms with van der Waals surface area (Å²) >= 11 is 3.93. The van der Waals surface area contributed by atoms with Gasteiger partial charge in [-0.1, -0.05) is 0 Å². The standard InChI is InChI=1S/C9H11F2NS/c1-5(2)12-8-4-6(10)3-7(11)9(8)13/h3-5,12-13H,1-2H3. The van der Waals surface area contributed by atoms with Crippen molar-refractivity contribution >= 4 is 18.3 Å². The van der Waals surface area contributed by atoms with Crippen molar-refractivity contribution in [3.8, 4) is 0 Å². The summed E-state index contributed by atoms with van der Waals surface area (Å²) in [7, 11) is 0. The molecule has 1 nitrogen and oxygen atoms in total. The molecule has 1 aromatic carbocycles. The van der Waals surface area contributed by atoms with Gasteiger partial charge in [-0.3, -0.25) is 0 Å². The summed E-state index contributed by atoms with van der Waals surface area (Å²) in [5.74, 6) is -1.25. The van der Waals surface area contributed by atoms with E-state index < -0.39 is 11.6 Å². The minimum Gasteiger partial charge on any atom is -0.382 e. The van der Waals surface area contributed by atoms with Crippen LogP contribution in [0.15, 0.2) is 17.0 Å². The third-order valence-electron chi connectivity index (χ3n) is 1.47. The second-order valence-corrected chi connectivity index (χ2v) is 3.53. The lowest BCUT2D eigenvalue weighted by Gasteiger charge is -2.12. The highest BCUT2D eigenvalue weighted by Crippen LogP contribution is 2.24. The molecule has 1 N–H and O–H groups in total. The Labute approximate surface area is 81.6 Å². The number of rotatable bonds is 2. The summed E-state index contributed by atoms with van der Waals surface area (Å²) in [6.07, 6.45) is 0. The van der Waals surface area contributed by atoms with Crippen molar-refractivity contribution in [1.82, 2.24) is 0 Å². The van der Waals surface area contributed by atoms with E-state index in [0.717, 1.165) is 6.07 Å². The third kappa shape index (κ3) is 2.59. The molecule has 0 aromatic heterocycles. The van der Waals surface area contributed by atoms with Crippen LogP contribution >= 0.6 is 12.6 Å². The molecule has 0 radical (unpaired) electrons. The predicted octanol–water partition coefficient (Wildman–Crippen LogP) is 3.07. The fourth-order valence-corrected chi connectivity index (χ4v) is 1.18. The molecule has 1 rings (SSSR count). The third-order valence-corrected chi connectivity index (χ3v) is 1.93. The molecule has 0 heterocycles. The van der Waals surface area contributed by atoms with Crippen molar-refractivity contribution in [1.29, 1.82) is 0 Å². The van der Waals surface area contributed by atoms with Crippen molar-refractivity contribution in [3.63, 3.8) is 0 Å². The molecule has 0 aliphatic rings. The molecular weight excluding hydrogens is 192 g/mol. The molecular formula is C9H11F2NS. The second kappa shape index (κ2) is 3.96. The summed E-state index contributed by atoms with van der Waals surface area (Å²) in [6, 6.07) is 2.16. The van der Waals surface area contributed by atoms with Crippen LogP contribution in [0.25, 0.3) is 0 Å². The monoisotopic (exact) mass is 203 g/mol. The van der Waals surface area contributed by atoms with E-state index in [-0.39, 0.29) is 10.9 Å². The van der Waals surface area contributed by atoms with E-state index in [1.165, 1.54) is 6.07 Å². The van der Waals surface area contributed by atoms with Crippen LogP contribution in [0, 0.1) is 11.6 Å². The summed E-state index contributed by atoms with van der Waals surface area (Å²) in [5, 5.41) is 2.90. The first-order valence-corrected chi connectivity index (χ1v) is 4.40. The van der Waals surface area contributed by atoms with Crippen molar-refractivity contribution in [2.24, 2.45) is 0 Å². The molecule has 4 heteroatoms. The Morgan fingerprint density at radius 2 is 1.92 bits per heavy atom. The van der Waals surface area contributed by atoms with Gasteiger partial charge in [0.15, 0.2) is 0 Å². The van der Waals surface area contributed by atoms with Crippen molar-refractivity contribution in [2.45, 2.75) is 24.8 Å². The lowest BCUT2D eigenvalue weighted by atomic mass is 10.2. The first-order chi connectivity index (χ1) is 6.00. The van der Waals surface area contributed by atoms with Gasteiger partial charge in [0.25, 0.3) is 0 Å². The maximum Gasteiger partial charge on any atom is 0.141 e. The Morgan fingerprint density at radius 3 is 2.46 bits per heavy atom. The molecule has 0 fully saturated rings. The van der Waals surface area contributed by atoms with Crippen molar-refractivity contribution in [2.75, 3.05) is 5.32 Å². The molecule has 0 unspecified atom stereocenters. The van der Waals surface area contributed by atoms with Crippen LogP contribution in [0.4, 0.5) is 14.5 Å². The molecule has 0 saturated heterocycles. The number of halogens is 2. The van der Waals surface area contributed by atoms with E-state index in [2.05, 4.69) is 17.9 Å². The quantitative estimate of drug-likeness (QED) is 0.704. The zero-order chi connectivity index (χ0) is 10.0. The number of thiol groups is 1. The van der Waals surface area contributed by atoms with E-state index in [0.29, 0.717) is 5.69 Å². The predicted molar refractivity (Wildman–Crippen MR) is 52.4 cm³/mol. The molecule has 0 aliphatic carbocycles. The van der Waals surface area contributed by atoms with E-state index in [1.54, 1.807) is 0 Å². The number of benzene rings is 1. The average molecular weight is 203 g/mol. The molecule has 13 heavy (non-hydrogen) atoms. The largest absolute Gasteiger partial charge is 0.382 e. The highest BCUT2D eigenvalue weighted by atomic mass is 32.1. The Kier molecular flexibility index (Phi) is 3.14. The molecule has 0 amide bonds. The molecule has 72 valence electrons. The van der Waals surface area contributed by atoms with Gasteiger partial charge in [-0.25, -0.2) is 8.78 Å². The lowest BCUT2D eigenvalue weighted by molar-refractivity contribution is 0.567. The van der Waals surface area contributed by atoms with Crippen LogP contribution in [0.5, 0.6) is 0 Å². The lowest BCUT2D eigenvalue weighted by Crippen LogP contribution is -2.10. The van der Waals surface area contributed by atoms with Gasteiger partial charge in [0.05, 0.1) is 10.6 Å². The van der Waals surface area contributed by atoms with Gasteiger partial charge >= 0.3 is 0 Å². The molecule has 0 aliphatic heterocycles. The highest BCUT2D eigenvalue weighted by Gasteiger charge is 2.08. The van der Waals surface area contributed by atoms with E-state index in [9.17, 15) is 8.78 Å². The average Bonchev–Trinajstić information content (AvgIpc) is 1.98. The SMILES string of the molecule is CC(C)Nc1cc(F)cc(F)c1S. The minimum atomic E-state index is -0.647. The van der Waals surface area contributed by atoms with Crippen molar-refractivity contribution < 1.29 is 8.78 Å². The number of anilines is 1. The first kappa shape index (κ1) is 10.3. The fraction of sp³-hybridized carbons (Fsp3) is 0.333. The Balaban J connectivity index is 3.05. The molecule has 0 atom stereocenters. The van der Waals surface area contributed by atoms with Gasteiger partial charge in [0, 0.05) is 12.1 Å². The maximum absolute atomic E-state index is 12.9. The number of nitrogens with one attached hydrogen (secondary N) is 1. The Bertz CT molecular complexity index is 313.